The Hall–Kier alpha value is -2.56. The third kappa shape index (κ3) is 11.9. The third-order valence-electron chi connectivity index (χ3n) is 4.21. The van der Waals surface area contributed by atoms with Gasteiger partial charge in [-0.1, -0.05) is 57.2 Å². The summed E-state index contributed by atoms with van der Waals surface area (Å²) in [6.07, 6.45) is 13.4. The molecule has 1 aromatic rings. The van der Waals surface area contributed by atoms with Crippen LogP contribution in [0.3, 0.4) is 0 Å². The normalized spacial score (nSPS) is 10.6. The number of carbonyl (C=O) groups excluding carboxylic acids is 2. The second-order valence-corrected chi connectivity index (χ2v) is 6.47. The molecule has 1 aromatic carbocycles. The van der Waals surface area contributed by atoms with E-state index in [1.54, 1.807) is 6.08 Å². The van der Waals surface area contributed by atoms with Crippen LogP contribution in [0.15, 0.2) is 43.0 Å². The van der Waals surface area contributed by atoms with Crippen LogP contribution >= 0.6 is 0 Å². The van der Waals surface area contributed by atoms with Crippen molar-refractivity contribution in [1.82, 2.24) is 0 Å². The lowest BCUT2D eigenvalue weighted by atomic mass is 10.1. The van der Waals surface area contributed by atoms with Crippen molar-refractivity contribution in [3.8, 4) is 5.75 Å². The van der Waals surface area contributed by atoms with Crippen molar-refractivity contribution in [3.63, 3.8) is 0 Å². The van der Waals surface area contributed by atoms with Gasteiger partial charge in [-0.15, -0.1) is 0 Å². The Labute approximate surface area is 168 Å². The smallest absolute Gasteiger partial charge is 0.330 e. The Morgan fingerprint density at radius 3 is 2.00 bits per heavy atom. The van der Waals surface area contributed by atoms with Crippen LogP contribution in [0.2, 0.25) is 0 Å². The maximum atomic E-state index is 11.1. The maximum absolute atomic E-state index is 11.1. The molecule has 0 saturated carbocycles. The van der Waals surface area contributed by atoms with E-state index < -0.39 is 0 Å². The Bertz CT molecular complexity index is 604. The number of benzene rings is 1. The number of methoxy groups -OCH3 is 1. The van der Waals surface area contributed by atoms with Crippen molar-refractivity contribution in [2.75, 3.05) is 20.3 Å². The molecule has 0 atom stereocenters. The van der Waals surface area contributed by atoms with Gasteiger partial charge in [-0.25, -0.2) is 9.59 Å². The predicted octanol–water partition coefficient (Wildman–Crippen LogP) is 5.10. The number of rotatable bonds is 15. The highest BCUT2D eigenvalue weighted by Crippen LogP contribution is 2.14. The van der Waals surface area contributed by atoms with Gasteiger partial charge in [0.2, 0.25) is 0 Å². The van der Waals surface area contributed by atoms with Crippen molar-refractivity contribution >= 4 is 18.0 Å². The van der Waals surface area contributed by atoms with Crippen molar-refractivity contribution in [1.29, 1.82) is 0 Å². The van der Waals surface area contributed by atoms with Crippen LogP contribution in [-0.2, 0) is 19.1 Å². The van der Waals surface area contributed by atoms with Gasteiger partial charge in [0, 0.05) is 12.2 Å². The van der Waals surface area contributed by atoms with Crippen LogP contribution in [0.25, 0.3) is 6.08 Å². The standard InChI is InChI=1S/C23H32O5/c1-3-22(24)28-19-11-9-7-5-4-6-8-10-18-27-21-15-12-20(13-16-21)14-17-23(25)26-2/h3,12-17H,1,4-11,18-19H2,2H3/b17-14+. The summed E-state index contributed by atoms with van der Waals surface area (Å²) in [7, 11) is 1.36. The third-order valence-corrected chi connectivity index (χ3v) is 4.21. The van der Waals surface area contributed by atoms with E-state index in [1.807, 2.05) is 24.3 Å². The van der Waals surface area contributed by atoms with E-state index >= 15 is 0 Å². The quantitative estimate of drug-likeness (QED) is 0.238. The van der Waals surface area contributed by atoms with Crippen LogP contribution in [0, 0.1) is 0 Å². The van der Waals surface area contributed by atoms with Crippen molar-refractivity contribution in [2.45, 2.75) is 51.4 Å². The van der Waals surface area contributed by atoms with Gasteiger partial charge in [-0.05, 0) is 36.6 Å². The molecular weight excluding hydrogens is 356 g/mol. The Morgan fingerprint density at radius 1 is 0.857 bits per heavy atom. The first kappa shape index (κ1) is 23.5. The van der Waals surface area contributed by atoms with Crippen molar-refractivity contribution in [2.24, 2.45) is 0 Å². The van der Waals surface area contributed by atoms with Gasteiger partial charge in [0.25, 0.3) is 0 Å². The molecule has 0 unspecified atom stereocenters. The number of ether oxygens (including phenoxy) is 3. The van der Waals surface area contributed by atoms with E-state index in [-0.39, 0.29) is 11.9 Å². The summed E-state index contributed by atoms with van der Waals surface area (Å²) in [4.78, 5) is 21.9. The first-order chi connectivity index (χ1) is 13.7. The summed E-state index contributed by atoms with van der Waals surface area (Å²) in [5.41, 5.74) is 0.927. The molecular formula is C23H32O5. The molecule has 0 amide bonds. The average Bonchev–Trinajstić information content (AvgIpc) is 2.73. The van der Waals surface area contributed by atoms with Gasteiger partial charge in [0.05, 0.1) is 20.3 Å². The topological polar surface area (TPSA) is 61.8 Å². The lowest BCUT2D eigenvalue weighted by Crippen LogP contribution is -2.01. The molecule has 0 spiro atoms. The summed E-state index contributed by atoms with van der Waals surface area (Å²) >= 11 is 0. The fourth-order valence-corrected chi connectivity index (χ4v) is 2.59. The average molecular weight is 389 g/mol. The highest BCUT2D eigenvalue weighted by molar-refractivity contribution is 5.86. The molecule has 1 rings (SSSR count). The molecule has 5 heteroatoms. The van der Waals surface area contributed by atoms with Crippen LogP contribution < -0.4 is 4.74 Å². The van der Waals surface area contributed by atoms with E-state index in [0.29, 0.717) is 13.2 Å². The van der Waals surface area contributed by atoms with Gasteiger partial charge in [-0.3, -0.25) is 0 Å². The van der Waals surface area contributed by atoms with E-state index in [9.17, 15) is 9.59 Å². The van der Waals surface area contributed by atoms with E-state index in [0.717, 1.165) is 37.0 Å². The second kappa shape index (κ2) is 15.5. The molecule has 0 fully saturated rings. The molecule has 0 aromatic heterocycles. The summed E-state index contributed by atoms with van der Waals surface area (Å²) in [6, 6.07) is 7.63. The summed E-state index contributed by atoms with van der Waals surface area (Å²) in [6.45, 7) is 4.57. The highest BCUT2D eigenvalue weighted by atomic mass is 16.5. The number of unbranched alkanes of at least 4 members (excludes halogenated alkanes) is 7. The Morgan fingerprint density at radius 2 is 1.43 bits per heavy atom. The van der Waals surface area contributed by atoms with E-state index in [2.05, 4.69) is 11.3 Å². The molecule has 0 heterocycles. The Kier molecular flexibility index (Phi) is 13.0. The molecule has 5 nitrogen and oxygen atoms in total. The zero-order valence-electron chi connectivity index (χ0n) is 16.9. The fourth-order valence-electron chi connectivity index (χ4n) is 2.59. The van der Waals surface area contributed by atoms with Crippen LogP contribution in [0.4, 0.5) is 0 Å². The largest absolute Gasteiger partial charge is 0.494 e. The minimum atomic E-state index is -0.366. The van der Waals surface area contributed by atoms with Gasteiger partial charge in [-0.2, -0.15) is 0 Å². The van der Waals surface area contributed by atoms with Crippen LogP contribution in [0.1, 0.15) is 56.9 Å². The minimum Gasteiger partial charge on any atom is -0.494 e. The van der Waals surface area contributed by atoms with E-state index in [1.165, 1.54) is 44.9 Å². The first-order valence-corrected chi connectivity index (χ1v) is 9.94. The minimum absolute atomic E-state index is 0.339. The SMILES string of the molecule is C=CC(=O)OCCCCCCCCCCOc1ccc(/C=C/C(=O)OC)cc1. The van der Waals surface area contributed by atoms with Gasteiger partial charge >= 0.3 is 11.9 Å². The molecule has 154 valence electrons. The monoisotopic (exact) mass is 388 g/mol. The fraction of sp³-hybridized carbons (Fsp3) is 0.478. The van der Waals surface area contributed by atoms with Crippen molar-refractivity contribution < 1.29 is 23.8 Å². The number of carbonyl (C=O) groups is 2. The van der Waals surface area contributed by atoms with E-state index in [4.69, 9.17) is 9.47 Å². The van der Waals surface area contributed by atoms with Crippen LogP contribution in [-0.4, -0.2) is 32.3 Å². The molecule has 0 aliphatic carbocycles. The molecule has 0 saturated heterocycles. The number of hydrogen-bond donors (Lipinski definition) is 0. The highest BCUT2D eigenvalue weighted by Gasteiger charge is 1.98. The maximum Gasteiger partial charge on any atom is 0.330 e. The molecule has 0 aliphatic rings. The summed E-state index contributed by atoms with van der Waals surface area (Å²) < 4.78 is 15.2. The zero-order chi connectivity index (χ0) is 20.5. The second-order valence-electron chi connectivity index (χ2n) is 6.47. The predicted molar refractivity (Wildman–Crippen MR) is 111 cm³/mol. The Balaban J connectivity index is 1.97. The molecule has 0 bridgehead atoms. The lowest BCUT2D eigenvalue weighted by molar-refractivity contribution is -0.138. The van der Waals surface area contributed by atoms with Gasteiger partial charge < -0.3 is 14.2 Å². The molecule has 0 aliphatic heterocycles. The molecule has 0 N–H and O–H groups in total. The first-order valence-electron chi connectivity index (χ1n) is 9.94. The van der Waals surface area contributed by atoms with Gasteiger partial charge in [0.15, 0.2) is 0 Å². The number of hydrogen-bond acceptors (Lipinski definition) is 5. The molecule has 0 radical (unpaired) electrons. The lowest BCUT2D eigenvalue weighted by Gasteiger charge is -2.06. The summed E-state index contributed by atoms with van der Waals surface area (Å²) in [5, 5.41) is 0. The zero-order valence-corrected chi connectivity index (χ0v) is 16.9. The summed E-state index contributed by atoms with van der Waals surface area (Å²) in [5.74, 6) is 0.135. The van der Waals surface area contributed by atoms with Gasteiger partial charge in [0.1, 0.15) is 5.75 Å². The van der Waals surface area contributed by atoms with Crippen LogP contribution in [0.5, 0.6) is 5.75 Å². The van der Waals surface area contributed by atoms with Crippen molar-refractivity contribution in [3.05, 3.63) is 48.6 Å². The number of esters is 2. The molecule has 28 heavy (non-hydrogen) atoms.